The minimum absolute atomic E-state index is 0.265. The van der Waals surface area contributed by atoms with Crippen molar-refractivity contribution in [1.29, 1.82) is 0 Å². The van der Waals surface area contributed by atoms with E-state index in [1.165, 1.54) is 0 Å². The second kappa shape index (κ2) is 2.82. The van der Waals surface area contributed by atoms with Gasteiger partial charge in [-0.05, 0) is 12.8 Å². The molecule has 1 heterocycles. The van der Waals surface area contributed by atoms with Crippen molar-refractivity contribution >= 4 is 5.91 Å². The number of carbonyl (C=O) groups excluding carboxylic acids is 1. The van der Waals surface area contributed by atoms with Gasteiger partial charge in [0, 0.05) is 13.2 Å². The van der Waals surface area contributed by atoms with Gasteiger partial charge in [-0.25, -0.2) is 0 Å². The van der Waals surface area contributed by atoms with Crippen LogP contribution in [-0.4, -0.2) is 19.1 Å². The molecule has 0 atom stereocenters. The van der Waals surface area contributed by atoms with Crippen molar-refractivity contribution in [3.05, 3.63) is 5.92 Å². The molecule has 0 aliphatic carbocycles. The first kappa shape index (κ1) is 6.55. The normalized spacial score (nSPS) is 21.8. The average molecular weight is 128 g/mol. The first-order valence-corrected chi connectivity index (χ1v) is 3.03. The van der Waals surface area contributed by atoms with Gasteiger partial charge < -0.3 is 10.5 Å². The third-order valence-electron chi connectivity index (χ3n) is 1.44. The summed E-state index contributed by atoms with van der Waals surface area (Å²) in [5, 5.41) is 0. The van der Waals surface area contributed by atoms with Crippen LogP contribution in [0.2, 0.25) is 0 Å². The molecule has 1 radical (unpaired) electrons. The Morgan fingerprint density at radius 2 is 2.00 bits per heavy atom. The molecule has 0 aromatic heterocycles. The smallest absolute Gasteiger partial charge is 0.224 e. The standard InChI is InChI=1S/C6H10NO2/c7-6(8)5-1-3-9-4-2-5/h1-4H2,(H2,7,8). The van der Waals surface area contributed by atoms with E-state index in [4.69, 9.17) is 10.5 Å². The highest BCUT2D eigenvalue weighted by Crippen LogP contribution is 2.15. The van der Waals surface area contributed by atoms with E-state index in [2.05, 4.69) is 0 Å². The molecule has 1 saturated heterocycles. The topological polar surface area (TPSA) is 52.3 Å². The molecular weight excluding hydrogens is 118 g/mol. The molecule has 51 valence electrons. The average Bonchev–Trinajstić information content (AvgIpc) is 1.90. The maximum Gasteiger partial charge on any atom is 0.224 e. The zero-order chi connectivity index (χ0) is 6.69. The van der Waals surface area contributed by atoms with E-state index in [1.807, 2.05) is 0 Å². The highest BCUT2D eigenvalue weighted by atomic mass is 16.5. The highest BCUT2D eigenvalue weighted by molar-refractivity contribution is 5.88. The van der Waals surface area contributed by atoms with Gasteiger partial charge in [0.05, 0.1) is 5.92 Å². The van der Waals surface area contributed by atoms with Crippen molar-refractivity contribution in [2.24, 2.45) is 5.73 Å². The lowest BCUT2D eigenvalue weighted by atomic mass is 10.0. The molecule has 0 spiro atoms. The Bertz CT molecular complexity index is 108. The van der Waals surface area contributed by atoms with Crippen LogP contribution < -0.4 is 5.73 Å². The summed E-state index contributed by atoms with van der Waals surface area (Å²) in [6, 6.07) is 0. The molecule has 0 bridgehead atoms. The highest BCUT2D eigenvalue weighted by Gasteiger charge is 2.18. The summed E-state index contributed by atoms with van der Waals surface area (Å²) in [6.45, 7) is 1.30. The number of hydrogen-bond acceptors (Lipinski definition) is 2. The molecule has 2 N–H and O–H groups in total. The molecule has 1 rings (SSSR count). The van der Waals surface area contributed by atoms with Gasteiger partial charge in [0.2, 0.25) is 5.91 Å². The Morgan fingerprint density at radius 3 is 2.33 bits per heavy atom. The lowest BCUT2D eigenvalue weighted by molar-refractivity contribution is -0.117. The summed E-state index contributed by atoms with van der Waals surface area (Å²) in [4.78, 5) is 10.5. The zero-order valence-electron chi connectivity index (χ0n) is 5.22. The summed E-state index contributed by atoms with van der Waals surface area (Å²) in [7, 11) is 0. The Hall–Kier alpha value is -0.570. The summed E-state index contributed by atoms with van der Waals surface area (Å²) >= 11 is 0. The van der Waals surface area contributed by atoms with Crippen LogP contribution in [0.15, 0.2) is 0 Å². The van der Waals surface area contributed by atoms with Crippen LogP contribution >= 0.6 is 0 Å². The molecule has 1 aliphatic heterocycles. The lowest BCUT2D eigenvalue weighted by Gasteiger charge is -2.17. The van der Waals surface area contributed by atoms with Crippen molar-refractivity contribution in [2.75, 3.05) is 13.2 Å². The SMILES string of the molecule is NC(=O)[C]1CCOCC1. The van der Waals surface area contributed by atoms with Gasteiger partial charge in [0.1, 0.15) is 0 Å². The van der Waals surface area contributed by atoms with Crippen LogP contribution in [0.4, 0.5) is 0 Å². The third-order valence-corrected chi connectivity index (χ3v) is 1.44. The van der Waals surface area contributed by atoms with Crippen molar-refractivity contribution in [1.82, 2.24) is 0 Å². The molecule has 1 aliphatic rings. The summed E-state index contributed by atoms with van der Waals surface area (Å²) in [5.41, 5.74) is 5.04. The summed E-state index contributed by atoms with van der Waals surface area (Å²) in [6.07, 6.45) is 1.44. The van der Waals surface area contributed by atoms with Gasteiger partial charge in [-0.2, -0.15) is 0 Å². The van der Waals surface area contributed by atoms with Crippen molar-refractivity contribution < 1.29 is 9.53 Å². The summed E-state index contributed by atoms with van der Waals surface area (Å²) < 4.78 is 5.02. The van der Waals surface area contributed by atoms with Crippen LogP contribution in [0.5, 0.6) is 0 Å². The predicted molar refractivity (Wildman–Crippen MR) is 32.5 cm³/mol. The molecule has 0 aromatic carbocycles. The molecule has 9 heavy (non-hydrogen) atoms. The number of hydrogen-bond donors (Lipinski definition) is 1. The molecule has 1 fully saturated rings. The van der Waals surface area contributed by atoms with Crippen LogP contribution in [0.3, 0.4) is 0 Å². The molecular formula is C6H10NO2. The maximum atomic E-state index is 10.5. The Labute approximate surface area is 54.2 Å². The van der Waals surface area contributed by atoms with Gasteiger partial charge in [0.15, 0.2) is 0 Å². The molecule has 0 unspecified atom stereocenters. The predicted octanol–water partition coefficient (Wildman–Crippen LogP) is -0.143. The van der Waals surface area contributed by atoms with Gasteiger partial charge in [-0.3, -0.25) is 4.79 Å². The van der Waals surface area contributed by atoms with Crippen molar-refractivity contribution in [3.8, 4) is 0 Å². The Kier molecular flexibility index (Phi) is 2.05. The minimum Gasteiger partial charge on any atom is -0.381 e. The first-order valence-electron chi connectivity index (χ1n) is 3.03. The largest absolute Gasteiger partial charge is 0.381 e. The van der Waals surface area contributed by atoms with Gasteiger partial charge in [-0.1, -0.05) is 0 Å². The fraction of sp³-hybridized carbons (Fsp3) is 0.667. The van der Waals surface area contributed by atoms with E-state index < -0.39 is 0 Å². The van der Waals surface area contributed by atoms with Crippen LogP contribution in [0.25, 0.3) is 0 Å². The number of ether oxygens (including phenoxy) is 1. The van der Waals surface area contributed by atoms with E-state index in [1.54, 1.807) is 0 Å². The van der Waals surface area contributed by atoms with E-state index >= 15 is 0 Å². The number of nitrogens with two attached hydrogens (primary N) is 1. The Balaban J connectivity index is 2.31. The molecule has 3 heteroatoms. The molecule has 0 saturated carbocycles. The maximum absolute atomic E-state index is 10.5. The van der Waals surface area contributed by atoms with E-state index in [0.717, 1.165) is 18.8 Å². The van der Waals surface area contributed by atoms with Crippen LogP contribution in [0, 0.1) is 5.92 Å². The quantitative estimate of drug-likeness (QED) is 0.534. The van der Waals surface area contributed by atoms with Crippen molar-refractivity contribution in [3.63, 3.8) is 0 Å². The van der Waals surface area contributed by atoms with E-state index in [9.17, 15) is 4.79 Å². The molecule has 0 aromatic rings. The molecule has 3 nitrogen and oxygen atoms in total. The number of primary amides is 1. The number of amides is 1. The second-order valence-corrected chi connectivity index (χ2v) is 2.08. The number of rotatable bonds is 1. The fourth-order valence-corrected chi connectivity index (χ4v) is 0.864. The van der Waals surface area contributed by atoms with Gasteiger partial charge in [-0.15, -0.1) is 0 Å². The number of carbonyl (C=O) groups is 1. The van der Waals surface area contributed by atoms with E-state index in [-0.39, 0.29) is 5.91 Å². The zero-order valence-corrected chi connectivity index (χ0v) is 5.22. The lowest BCUT2D eigenvalue weighted by Crippen LogP contribution is -2.27. The third kappa shape index (κ3) is 1.68. The monoisotopic (exact) mass is 128 g/mol. The Morgan fingerprint density at radius 1 is 1.44 bits per heavy atom. The minimum atomic E-state index is -0.265. The second-order valence-electron chi connectivity index (χ2n) is 2.08. The fourth-order valence-electron chi connectivity index (χ4n) is 0.864. The van der Waals surface area contributed by atoms with Crippen molar-refractivity contribution in [2.45, 2.75) is 12.8 Å². The molecule has 1 amide bonds. The van der Waals surface area contributed by atoms with Crippen LogP contribution in [-0.2, 0) is 9.53 Å². The van der Waals surface area contributed by atoms with Gasteiger partial charge >= 0.3 is 0 Å². The summed E-state index contributed by atoms with van der Waals surface area (Å²) in [5.74, 6) is 0.555. The first-order chi connectivity index (χ1) is 4.30. The van der Waals surface area contributed by atoms with Gasteiger partial charge in [0.25, 0.3) is 0 Å². The van der Waals surface area contributed by atoms with E-state index in [0.29, 0.717) is 13.2 Å². The van der Waals surface area contributed by atoms with Crippen LogP contribution in [0.1, 0.15) is 12.8 Å².